The minimum absolute atomic E-state index is 0.150. The number of carbonyl (C=O) groups excluding carboxylic acids is 2. The monoisotopic (exact) mass is 236 g/mol. The lowest BCUT2D eigenvalue weighted by Gasteiger charge is -2.20. The highest BCUT2D eigenvalue weighted by atomic mass is 16.2. The zero-order chi connectivity index (χ0) is 13.1. The fourth-order valence-corrected chi connectivity index (χ4v) is 1.05. The third-order valence-electron chi connectivity index (χ3n) is 2.37. The van der Waals surface area contributed by atoms with Crippen LogP contribution >= 0.6 is 0 Å². The van der Waals surface area contributed by atoms with E-state index in [4.69, 9.17) is 11.5 Å². The normalized spacial score (nSPS) is 10.9. The maximum Gasteiger partial charge on any atom is 0.269 e. The molecule has 0 bridgehead atoms. The fourth-order valence-electron chi connectivity index (χ4n) is 1.05. The van der Waals surface area contributed by atoms with Gasteiger partial charge in [-0.3, -0.25) is 14.6 Å². The molecule has 0 aliphatic carbocycles. The van der Waals surface area contributed by atoms with Crippen LogP contribution in [0, 0.1) is 5.41 Å². The summed E-state index contributed by atoms with van der Waals surface area (Å²) in [7, 11) is 0. The molecule has 0 saturated carbocycles. The molecule has 1 aromatic rings. The molecule has 0 radical (unpaired) electrons. The second kappa shape index (κ2) is 4.82. The summed E-state index contributed by atoms with van der Waals surface area (Å²) >= 11 is 0. The van der Waals surface area contributed by atoms with E-state index >= 15 is 0 Å². The minimum atomic E-state index is -0.796. The van der Waals surface area contributed by atoms with Gasteiger partial charge in [0.2, 0.25) is 5.91 Å². The lowest BCUT2D eigenvalue weighted by Crippen LogP contribution is -2.42. The predicted molar refractivity (Wildman–Crippen MR) is 64.0 cm³/mol. The number of nitrogen functional groups attached to an aromatic ring is 1. The third kappa shape index (κ3) is 3.44. The number of aromatic nitrogens is 1. The minimum Gasteiger partial charge on any atom is -0.399 e. The summed E-state index contributed by atoms with van der Waals surface area (Å²) in [4.78, 5) is 26.6. The summed E-state index contributed by atoms with van der Waals surface area (Å²) < 4.78 is 0. The van der Waals surface area contributed by atoms with E-state index in [2.05, 4.69) is 10.3 Å². The van der Waals surface area contributed by atoms with E-state index < -0.39 is 11.3 Å². The molecule has 0 spiro atoms. The molecule has 0 fully saturated rings. The van der Waals surface area contributed by atoms with E-state index in [-0.39, 0.29) is 18.1 Å². The Bertz CT molecular complexity index is 443. The highest BCUT2D eigenvalue weighted by molar-refractivity contribution is 5.93. The van der Waals surface area contributed by atoms with Crippen LogP contribution in [0.2, 0.25) is 0 Å². The highest BCUT2D eigenvalue weighted by Crippen LogP contribution is 2.12. The van der Waals surface area contributed by atoms with Crippen molar-refractivity contribution >= 4 is 17.5 Å². The molecule has 2 amide bonds. The molecule has 5 N–H and O–H groups in total. The van der Waals surface area contributed by atoms with E-state index in [0.29, 0.717) is 5.69 Å². The number of primary amides is 1. The van der Waals surface area contributed by atoms with E-state index in [1.165, 1.54) is 12.3 Å². The largest absolute Gasteiger partial charge is 0.399 e. The molecule has 17 heavy (non-hydrogen) atoms. The van der Waals surface area contributed by atoms with E-state index in [9.17, 15) is 9.59 Å². The van der Waals surface area contributed by atoms with Crippen molar-refractivity contribution in [3.05, 3.63) is 24.0 Å². The van der Waals surface area contributed by atoms with Gasteiger partial charge < -0.3 is 16.8 Å². The molecular weight excluding hydrogens is 220 g/mol. The number of carbonyl (C=O) groups is 2. The second-order valence-corrected chi connectivity index (χ2v) is 4.41. The van der Waals surface area contributed by atoms with Crippen molar-refractivity contribution in [3.63, 3.8) is 0 Å². The van der Waals surface area contributed by atoms with Gasteiger partial charge in [-0.1, -0.05) is 0 Å². The first kappa shape index (κ1) is 13.0. The summed E-state index contributed by atoms with van der Waals surface area (Å²) in [6.45, 7) is 3.46. The van der Waals surface area contributed by atoms with E-state index in [1.54, 1.807) is 19.9 Å². The molecule has 0 unspecified atom stereocenters. The summed E-state index contributed by atoms with van der Waals surface area (Å²) in [6, 6.07) is 3.05. The van der Waals surface area contributed by atoms with Crippen molar-refractivity contribution in [2.45, 2.75) is 13.8 Å². The number of hydrogen-bond acceptors (Lipinski definition) is 4. The van der Waals surface area contributed by atoms with Gasteiger partial charge in [-0.2, -0.15) is 0 Å². The van der Waals surface area contributed by atoms with Crippen LogP contribution in [0.3, 0.4) is 0 Å². The summed E-state index contributed by atoms with van der Waals surface area (Å²) in [5, 5.41) is 2.59. The maximum absolute atomic E-state index is 11.7. The molecule has 92 valence electrons. The number of nitrogens with zero attached hydrogens (tertiary/aromatic N) is 1. The van der Waals surface area contributed by atoms with Crippen LogP contribution in [-0.2, 0) is 4.79 Å². The van der Waals surface area contributed by atoms with E-state index in [1.807, 2.05) is 0 Å². The van der Waals surface area contributed by atoms with Gasteiger partial charge in [-0.05, 0) is 26.0 Å². The van der Waals surface area contributed by atoms with Crippen LogP contribution in [0.5, 0.6) is 0 Å². The molecule has 0 aliphatic heterocycles. The number of rotatable bonds is 4. The van der Waals surface area contributed by atoms with Gasteiger partial charge in [0.1, 0.15) is 5.69 Å². The number of anilines is 1. The Hall–Kier alpha value is -2.11. The summed E-state index contributed by atoms with van der Waals surface area (Å²) in [5.74, 6) is -0.857. The number of nitrogens with two attached hydrogens (primary N) is 2. The van der Waals surface area contributed by atoms with Crippen LogP contribution < -0.4 is 16.8 Å². The zero-order valence-corrected chi connectivity index (χ0v) is 9.86. The fraction of sp³-hybridized carbons (Fsp3) is 0.364. The maximum atomic E-state index is 11.7. The Labute approximate surface area is 99.4 Å². The van der Waals surface area contributed by atoms with Gasteiger partial charge in [0.25, 0.3) is 5.91 Å². The molecule has 6 heteroatoms. The van der Waals surface area contributed by atoms with Gasteiger partial charge in [0.15, 0.2) is 0 Å². The predicted octanol–water partition coefficient (Wildman–Crippen LogP) is -0.0949. The van der Waals surface area contributed by atoms with Crippen LogP contribution in [0.15, 0.2) is 18.3 Å². The van der Waals surface area contributed by atoms with Crippen molar-refractivity contribution in [3.8, 4) is 0 Å². The standard InChI is InChI=1S/C11H16N4O2/c1-11(2,10(13)17)6-15-9(16)8-5-7(12)3-4-14-8/h3-5H,6H2,1-2H3,(H2,12,14)(H2,13,17)(H,15,16). The highest BCUT2D eigenvalue weighted by Gasteiger charge is 2.25. The Balaban J connectivity index is 2.65. The lowest BCUT2D eigenvalue weighted by atomic mass is 9.93. The molecule has 1 heterocycles. The summed E-state index contributed by atoms with van der Waals surface area (Å²) in [6.07, 6.45) is 1.45. The molecule has 0 aliphatic rings. The third-order valence-corrected chi connectivity index (χ3v) is 2.37. The van der Waals surface area contributed by atoms with Crippen molar-refractivity contribution in [2.24, 2.45) is 11.1 Å². The molecule has 1 rings (SSSR count). The second-order valence-electron chi connectivity index (χ2n) is 4.41. The molecule has 1 aromatic heterocycles. The Morgan fingerprint density at radius 2 is 2.12 bits per heavy atom. The van der Waals surface area contributed by atoms with Crippen molar-refractivity contribution in [1.29, 1.82) is 0 Å². The van der Waals surface area contributed by atoms with Gasteiger partial charge in [0.05, 0.1) is 5.41 Å². The van der Waals surface area contributed by atoms with Crippen molar-refractivity contribution < 1.29 is 9.59 Å². The average molecular weight is 236 g/mol. The topological polar surface area (TPSA) is 111 Å². The SMILES string of the molecule is CC(C)(CNC(=O)c1cc(N)ccn1)C(N)=O. The van der Waals surface area contributed by atoms with Gasteiger partial charge in [-0.25, -0.2) is 0 Å². The number of hydrogen-bond donors (Lipinski definition) is 3. The van der Waals surface area contributed by atoms with Crippen LogP contribution in [0.1, 0.15) is 24.3 Å². The first-order valence-electron chi connectivity index (χ1n) is 5.12. The first-order chi connectivity index (χ1) is 7.83. The molecular formula is C11H16N4O2. The zero-order valence-electron chi connectivity index (χ0n) is 9.86. The smallest absolute Gasteiger partial charge is 0.269 e. The first-order valence-corrected chi connectivity index (χ1v) is 5.12. The quantitative estimate of drug-likeness (QED) is 0.678. The van der Waals surface area contributed by atoms with Crippen LogP contribution in [0.4, 0.5) is 5.69 Å². The average Bonchev–Trinajstić information content (AvgIpc) is 2.25. The van der Waals surface area contributed by atoms with Gasteiger partial charge in [0, 0.05) is 18.4 Å². The van der Waals surface area contributed by atoms with Crippen LogP contribution in [0.25, 0.3) is 0 Å². The summed E-state index contributed by atoms with van der Waals surface area (Å²) in [5.41, 5.74) is 10.6. The number of nitrogens with one attached hydrogen (secondary N) is 1. The molecule has 0 saturated heterocycles. The van der Waals surface area contributed by atoms with Crippen molar-refractivity contribution in [2.75, 3.05) is 12.3 Å². The van der Waals surface area contributed by atoms with Crippen molar-refractivity contribution in [1.82, 2.24) is 10.3 Å². The molecule has 0 atom stereocenters. The van der Waals surface area contributed by atoms with Gasteiger partial charge in [-0.15, -0.1) is 0 Å². The van der Waals surface area contributed by atoms with Crippen LogP contribution in [-0.4, -0.2) is 23.3 Å². The lowest BCUT2D eigenvalue weighted by molar-refractivity contribution is -0.125. The number of pyridine rings is 1. The number of amides is 2. The van der Waals surface area contributed by atoms with Gasteiger partial charge >= 0.3 is 0 Å². The Kier molecular flexibility index (Phi) is 3.67. The van der Waals surface area contributed by atoms with E-state index in [0.717, 1.165) is 0 Å². The molecule has 6 nitrogen and oxygen atoms in total. The Morgan fingerprint density at radius 3 is 2.65 bits per heavy atom. The molecule has 0 aromatic carbocycles. The Morgan fingerprint density at radius 1 is 1.47 bits per heavy atom.